The molecule has 1 saturated heterocycles. The summed E-state index contributed by atoms with van der Waals surface area (Å²) in [7, 11) is 1.70. The van der Waals surface area contributed by atoms with Crippen molar-refractivity contribution in [1.29, 1.82) is 0 Å². The van der Waals surface area contributed by atoms with Gasteiger partial charge >= 0.3 is 0 Å². The molecule has 0 aromatic carbocycles. The second-order valence-electron chi connectivity index (χ2n) is 6.38. The number of hydrogen-bond donors (Lipinski definition) is 0. The number of rotatable bonds is 7. The van der Waals surface area contributed by atoms with E-state index < -0.39 is 0 Å². The van der Waals surface area contributed by atoms with Crippen LogP contribution in [-0.4, -0.2) is 65.2 Å². The SMILES string of the molecule is CCC1CN(Cc2cnc(CCOC)nc2)CCN1C(C)C. The quantitative estimate of drug-likeness (QED) is 0.770. The Morgan fingerprint density at radius 3 is 2.59 bits per heavy atom. The molecule has 1 aromatic rings. The van der Waals surface area contributed by atoms with Gasteiger partial charge in [0.25, 0.3) is 0 Å². The van der Waals surface area contributed by atoms with Crippen molar-refractivity contribution in [2.24, 2.45) is 0 Å². The summed E-state index contributed by atoms with van der Waals surface area (Å²) in [5.41, 5.74) is 1.20. The van der Waals surface area contributed by atoms with Gasteiger partial charge in [0.15, 0.2) is 0 Å². The summed E-state index contributed by atoms with van der Waals surface area (Å²) in [6.07, 6.45) is 5.92. The van der Waals surface area contributed by atoms with Crippen LogP contribution in [-0.2, 0) is 17.7 Å². The average Bonchev–Trinajstić information content (AvgIpc) is 2.54. The average molecular weight is 306 g/mol. The van der Waals surface area contributed by atoms with E-state index in [0.717, 1.165) is 38.4 Å². The molecule has 0 spiro atoms. The van der Waals surface area contributed by atoms with Gasteiger partial charge in [0.2, 0.25) is 0 Å². The third-order valence-corrected chi connectivity index (χ3v) is 4.44. The first-order valence-electron chi connectivity index (χ1n) is 8.40. The van der Waals surface area contributed by atoms with Crippen molar-refractivity contribution in [3.63, 3.8) is 0 Å². The van der Waals surface area contributed by atoms with Crippen molar-refractivity contribution in [3.05, 3.63) is 23.8 Å². The predicted octanol–water partition coefficient (Wildman–Crippen LogP) is 1.97. The molecule has 1 unspecified atom stereocenters. The summed E-state index contributed by atoms with van der Waals surface area (Å²) in [5.74, 6) is 0.863. The Morgan fingerprint density at radius 1 is 1.27 bits per heavy atom. The molecular weight excluding hydrogens is 276 g/mol. The van der Waals surface area contributed by atoms with Crippen molar-refractivity contribution < 1.29 is 4.74 Å². The Balaban J connectivity index is 1.88. The molecule has 1 aliphatic rings. The number of ether oxygens (including phenoxy) is 1. The first-order chi connectivity index (χ1) is 10.6. The molecule has 1 fully saturated rings. The van der Waals surface area contributed by atoms with Crippen LogP contribution in [0.5, 0.6) is 0 Å². The van der Waals surface area contributed by atoms with E-state index in [1.165, 1.54) is 12.0 Å². The van der Waals surface area contributed by atoms with Crippen LogP contribution in [0.25, 0.3) is 0 Å². The molecule has 1 aromatic heterocycles. The van der Waals surface area contributed by atoms with E-state index in [4.69, 9.17) is 4.74 Å². The largest absolute Gasteiger partial charge is 0.384 e. The van der Waals surface area contributed by atoms with Gasteiger partial charge in [-0.05, 0) is 20.3 Å². The minimum Gasteiger partial charge on any atom is -0.384 e. The van der Waals surface area contributed by atoms with E-state index in [-0.39, 0.29) is 0 Å². The van der Waals surface area contributed by atoms with Crippen LogP contribution in [0.1, 0.15) is 38.6 Å². The van der Waals surface area contributed by atoms with Crippen molar-refractivity contribution >= 4 is 0 Å². The molecule has 0 bridgehead atoms. The molecule has 0 saturated carbocycles. The minimum atomic E-state index is 0.635. The van der Waals surface area contributed by atoms with Gasteiger partial charge in [-0.25, -0.2) is 9.97 Å². The van der Waals surface area contributed by atoms with Crippen LogP contribution >= 0.6 is 0 Å². The van der Waals surface area contributed by atoms with E-state index >= 15 is 0 Å². The van der Waals surface area contributed by atoms with Crippen LogP contribution in [0.15, 0.2) is 12.4 Å². The normalized spacial score (nSPS) is 20.7. The van der Waals surface area contributed by atoms with Gasteiger partial charge < -0.3 is 4.74 Å². The Morgan fingerprint density at radius 2 is 2.00 bits per heavy atom. The van der Waals surface area contributed by atoms with Gasteiger partial charge in [-0.15, -0.1) is 0 Å². The first kappa shape index (κ1) is 17.3. The number of nitrogens with zero attached hydrogens (tertiary/aromatic N) is 4. The van der Waals surface area contributed by atoms with Gasteiger partial charge in [0.1, 0.15) is 5.82 Å². The number of piperazine rings is 1. The Hall–Kier alpha value is -1.04. The van der Waals surface area contributed by atoms with Crippen LogP contribution in [0.3, 0.4) is 0 Å². The minimum absolute atomic E-state index is 0.635. The molecular formula is C17H30N4O. The van der Waals surface area contributed by atoms with Crippen LogP contribution in [0.4, 0.5) is 0 Å². The third-order valence-electron chi connectivity index (χ3n) is 4.44. The summed E-state index contributed by atoms with van der Waals surface area (Å²) in [5, 5.41) is 0. The van der Waals surface area contributed by atoms with Crippen molar-refractivity contribution in [2.75, 3.05) is 33.4 Å². The highest BCUT2D eigenvalue weighted by Crippen LogP contribution is 2.17. The summed E-state index contributed by atoms with van der Waals surface area (Å²) < 4.78 is 5.06. The molecule has 2 heterocycles. The predicted molar refractivity (Wildman–Crippen MR) is 88.8 cm³/mol. The second kappa shape index (κ2) is 8.56. The van der Waals surface area contributed by atoms with E-state index in [1.807, 2.05) is 12.4 Å². The fraction of sp³-hybridized carbons (Fsp3) is 0.765. The first-order valence-corrected chi connectivity index (χ1v) is 8.40. The van der Waals surface area contributed by atoms with E-state index in [9.17, 15) is 0 Å². The number of hydrogen-bond acceptors (Lipinski definition) is 5. The Kier molecular flexibility index (Phi) is 6.73. The summed E-state index contributed by atoms with van der Waals surface area (Å²) in [4.78, 5) is 14.0. The van der Waals surface area contributed by atoms with Gasteiger partial charge in [-0.2, -0.15) is 0 Å². The van der Waals surface area contributed by atoms with Gasteiger partial charge in [-0.1, -0.05) is 6.92 Å². The van der Waals surface area contributed by atoms with Crippen LogP contribution in [0.2, 0.25) is 0 Å². The lowest BCUT2D eigenvalue weighted by molar-refractivity contribution is 0.0456. The zero-order valence-corrected chi connectivity index (χ0v) is 14.5. The molecule has 5 heteroatoms. The third kappa shape index (κ3) is 4.73. The van der Waals surface area contributed by atoms with E-state index in [2.05, 4.69) is 40.5 Å². The standard InChI is InChI=1S/C17H30N4O/c1-5-16-13-20(7-8-21(16)14(2)3)12-15-10-18-17(19-11-15)6-9-22-4/h10-11,14,16H,5-9,12-13H2,1-4H3. The summed E-state index contributed by atoms with van der Waals surface area (Å²) >= 11 is 0. The number of methoxy groups -OCH3 is 1. The zero-order valence-electron chi connectivity index (χ0n) is 14.5. The molecule has 1 atom stereocenters. The van der Waals surface area contributed by atoms with Crippen molar-refractivity contribution in [2.45, 2.75) is 52.2 Å². The summed E-state index contributed by atoms with van der Waals surface area (Å²) in [6.45, 7) is 11.9. The molecule has 0 aliphatic carbocycles. The molecule has 0 radical (unpaired) electrons. The monoisotopic (exact) mass is 306 g/mol. The lowest BCUT2D eigenvalue weighted by atomic mass is 10.1. The molecule has 5 nitrogen and oxygen atoms in total. The molecule has 2 rings (SSSR count). The topological polar surface area (TPSA) is 41.5 Å². The van der Waals surface area contributed by atoms with Gasteiger partial charge in [-0.3, -0.25) is 9.80 Å². The summed E-state index contributed by atoms with van der Waals surface area (Å²) in [6, 6.07) is 1.30. The smallest absolute Gasteiger partial charge is 0.130 e. The Labute approximate surface area is 134 Å². The lowest BCUT2D eigenvalue weighted by Crippen LogP contribution is -2.54. The Bertz CT molecular complexity index is 435. The molecule has 0 amide bonds. The maximum Gasteiger partial charge on any atom is 0.130 e. The van der Waals surface area contributed by atoms with Crippen LogP contribution in [0, 0.1) is 0 Å². The van der Waals surface area contributed by atoms with Gasteiger partial charge in [0, 0.05) is 69.8 Å². The highest BCUT2D eigenvalue weighted by atomic mass is 16.5. The fourth-order valence-electron chi connectivity index (χ4n) is 3.16. The molecule has 0 N–H and O–H groups in total. The fourth-order valence-corrected chi connectivity index (χ4v) is 3.16. The molecule has 124 valence electrons. The number of aromatic nitrogens is 2. The van der Waals surface area contributed by atoms with Gasteiger partial charge in [0.05, 0.1) is 6.61 Å². The molecule has 1 aliphatic heterocycles. The molecule has 22 heavy (non-hydrogen) atoms. The van der Waals surface area contributed by atoms with Crippen molar-refractivity contribution in [1.82, 2.24) is 19.8 Å². The maximum atomic E-state index is 5.06. The van der Waals surface area contributed by atoms with Crippen molar-refractivity contribution in [3.8, 4) is 0 Å². The van der Waals surface area contributed by atoms with E-state index in [0.29, 0.717) is 18.7 Å². The lowest BCUT2D eigenvalue weighted by Gasteiger charge is -2.43. The zero-order chi connectivity index (χ0) is 15.9. The van der Waals surface area contributed by atoms with Crippen LogP contribution < -0.4 is 0 Å². The highest BCUT2D eigenvalue weighted by molar-refractivity contribution is 5.06. The maximum absolute atomic E-state index is 5.06. The highest BCUT2D eigenvalue weighted by Gasteiger charge is 2.27. The van der Waals surface area contributed by atoms with E-state index in [1.54, 1.807) is 7.11 Å². The second-order valence-corrected chi connectivity index (χ2v) is 6.38.